The van der Waals surface area contributed by atoms with Gasteiger partial charge in [0.2, 0.25) is 5.91 Å². The number of carbonyl (C=O) groups excluding carboxylic acids is 1. The molecule has 0 aliphatic carbocycles. The summed E-state index contributed by atoms with van der Waals surface area (Å²) in [7, 11) is 1.75. The summed E-state index contributed by atoms with van der Waals surface area (Å²) in [4.78, 5) is 14.8. The van der Waals surface area contributed by atoms with E-state index in [1.807, 2.05) is 0 Å². The molecule has 0 saturated carbocycles. The Morgan fingerprint density at radius 3 is 2.50 bits per heavy atom. The molecule has 140 valence electrons. The van der Waals surface area contributed by atoms with E-state index in [0.717, 1.165) is 45.6 Å². The molecule has 2 aliphatic heterocycles. The predicted octanol–water partition coefficient (Wildman–Crippen LogP) is 2.02. The fourth-order valence-corrected chi connectivity index (χ4v) is 4.77. The van der Waals surface area contributed by atoms with Gasteiger partial charge in [0.1, 0.15) is 0 Å². The maximum absolute atomic E-state index is 12.4. The van der Waals surface area contributed by atoms with Gasteiger partial charge in [0.15, 0.2) is 0 Å². The average molecular weight is 340 g/mol. The number of amides is 1. The summed E-state index contributed by atoms with van der Waals surface area (Å²) in [5.74, 6) is 1.29. The highest BCUT2D eigenvalue weighted by atomic mass is 16.5. The summed E-state index contributed by atoms with van der Waals surface area (Å²) >= 11 is 0. The normalized spacial score (nSPS) is 27.3. The van der Waals surface area contributed by atoms with Gasteiger partial charge < -0.3 is 20.3 Å². The lowest BCUT2D eigenvalue weighted by Gasteiger charge is -2.46. The quantitative estimate of drug-likeness (QED) is 0.745. The molecule has 5 heteroatoms. The first kappa shape index (κ1) is 19.7. The first-order valence-electron chi connectivity index (χ1n) is 9.46. The van der Waals surface area contributed by atoms with Crippen LogP contribution < -0.4 is 10.6 Å². The van der Waals surface area contributed by atoms with Crippen molar-refractivity contribution in [1.82, 2.24) is 15.5 Å². The van der Waals surface area contributed by atoms with Gasteiger partial charge in [-0.1, -0.05) is 0 Å². The third-order valence-electron chi connectivity index (χ3n) is 5.32. The van der Waals surface area contributed by atoms with Gasteiger partial charge >= 0.3 is 0 Å². The fourth-order valence-electron chi connectivity index (χ4n) is 4.77. The van der Waals surface area contributed by atoms with E-state index in [-0.39, 0.29) is 17.0 Å². The molecule has 0 bridgehead atoms. The second-order valence-corrected chi connectivity index (χ2v) is 9.12. The minimum Gasteiger partial charge on any atom is -0.383 e. The molecular weight excluding hydrogens is 302 g/mol. The van der Waals surface area contributed by atoms with E-state index < -0.39 is 0 Å². The van der Waals surface area contributed by atoms with Crippen molar-refractivity contribution in [1.29, 1.82) is 0 Å². The first-order valence-corrected chi connectivity index (χ1v) is 9.46. The van der Waals surface area contributed by atoms with E-state index in [4.69, 9.17) is 4.74 Å². The van der Waals surface area contributed by atoms with E-state index >= 15 is 0 Å². The Balaban J connectivity index is 1.70. The van der Waals surface area contributed by atoms with Crippen LogP contribution >= 0.6 is 0 Å². The number of nitrogens with zero attached hydrogens (tertiary/aromatic N) is 1. The molecular formula is C19H37N3O2. The van der Waals surface area contributed by atoms with Crippen LogP contribution in [-0.4, -0.2) is 61.8 Å². The molecule has 0 aromatic carbocycles. The number of methoxy groups -OCH3 is 1. The first-order chi connectivity index (χ1) is 11.2. The molecule has 2 rings (SSSR count). The summed E-state index contributed by atoms with van der Waals surface area (Å²) in [6.07, 6.45) is 3.97. The van der Waals surface area contributed by atoms with Gasteiger partial charge in [-0.15, -0.1) is 0 Å². The van der Waals surface area contributed by atoms with Gasteiger partial charge in [-0.3, -0.25) is 4.79 Å². The molecule has 0 spiro atoms. The average Bonchev–Trinajstić information content (AvgIpc) is 2.87. The van der Waals surface area contributed by atoms with Crippen molar-refractivity contribution < 1.29 is 9.53 Å². The van der Waals surface area contributed by atoms with E-state index in [1.165, 1.54) is 6.42 Å². The zero-order valence-corrected chi connectivity index (χ0v) is 16.3. The molecule has 2 heterocycles. The van der Waals surface area contributed by atoms with E-state index in [0.29, 0.717) is 18.3 Å². The third kappa shape index (κ3) is 6.34. The van der Waals surface area contributed by atoms with Crippen LogP contribution in [0.2, 0.25) is 0 Å². The lowest BCUT2D eigenvalue weighted by atomic mass is 9.74. The van der Waals surface area contributed by atoms with Crippen molar-refractivity contribution in [3.05, 3.63) is 0 Å². The highest BCUT2D eigenvalue weighted by Crippen LogP contribution is 2.34. The topological polar surface area (TPSA) is 53.6 Å². The van der Waals surface area contributed by atoms with Crippen molar-refractivity contribution in [2.45, 2.75) is 64.5 Å². The van der Waals surface area contributed by atoms with E-state index in [2.05, 4.69) is 43.2 Å². The standard InChI is InChI=1S/C19H37N3O2/c1-18(2)11-16(12-19(3,4)21-18)10-17(23)20-13-15-6-7-22(14-15)8-9-24-5/h15-16,21H,6-14H2,1-5H3,(H,20,23). The number of hydrogen-bond acceptors (Lipinski definition) is 4. The van der Waals surface area contributed by atoms with Crippen LogP contribution in [0.1, 0.15) is 53.4 Å². The van der Waals surface area contributed by atoms with Crippen LogP contribution in [-0.2, 0) is 9.53 Å². The Labute approximate surface area is 147 Å². The van der Waals surface area contributed by atoms with Crippen LogP contribution in [0.3, 0.4) is 0 Å². The summed E-state index contributed by atoms with van der Waals surface area (Å²) in [5.41, 5.74) is 0.222. The summed E-state index contributed by atoms with van der Waals surface area (Å²) in [6.45, 7) is 13.8. The van der Waals surface area contributed by atoms with Gasteiger partial charge in [0, 0.05) is 44.2 Å². The zero-order valence-electron chi connectivity index (χ0n) is 16.3. The van der Waals surface area contributed by atoms with Crippen LogP contribution in [0.5, 0.6) is 0 Å². The van der Waals surface area contributed by atoms with Gasteiger partial charge in [0.25, 0.3) is 0 Å². The molecule has 2 fully saturated rings. The summed E-state index contributed by atoms with van der Waals surface area (Å²) in [5, 5.41) is 6.87. The van der Waals surface area contributed by atoms with Crippen LogP contribution in [0, 0.1) is 11.8 Å². The van der Waals surface area contributed by atoms with Crippen LogP contribution in [0.4, 0.5) is 0 Å². The van der Waals surface area contributed by atoms with Crippen molar-refractivity contribution >= 4 is 5.91 Å². The number of nitrogens with one attached hydrogen (secondary N) is 2. The van der Waals surface area contributed by atoms with E-state index in [9.17, 15) is 4.79 Å². The predicted molar refractivity (Wildman–Crippen MR) is 98.1 cm³/mol. The molecule has 24 heavy (non-hydrogen) atoms. The van der Waals surface area contributed by atoms with Crippen molar-refractivity contribution in [3.63, 3.8) is 0 Å². The maximum Gasteiger partial charge on any atom is 0.220 e. The lowest BCUT2D eigenvalue weighted by Crippen LogP contribution is -2.58. The van der Waals surface area contributed by atoms with Gasteiger partial charge in [0.05, 0.1) is 6.61 Å². The van der Waals surface area contributed by atoms with Crippen molar-refractivity contribution in [2.24, 2.45) is 11.8 Å². The van der Waals surface area contributed by atoms with Crippen molar-refractivity contribution in [3.8, 4) is 0 Å². The minimum atomic E-state index is 0.111. The molecule has 2 aliphatic rings. The second-order valence-electron chi connectivity index (χ2n) is 9.12. The monoisotopic (exact) mass is 339 g/mol. The molecule has 5 nitrogen and oxygen atoms in total. The van der Waals surface area contributed by atoms with E-state index in [1.54, 1.807) is 7.11 Å². The molecule has 0 aromatic heterocycles. The fraction of sp³-hybridized carbons (Fsp3) is 0.947. The van der Waals surface area contributed by atoms with Gasteiger partial charge in [-0.2, -0.15) is 0 Å². The largest absolute Gasteiger partial charge is 0.383 e. The number of carbonyl (C=O) groups is 1. The van der Waals surface area contributed by atoms with Crippen LogP contribution in [0.25, 0.3) is 0 Å². The van der Waals surface area contributed by atoms with Gasteiger partial charge in [-0.25, -0.2) is 0 Å². The lowest BCUT2D eigenvalue weighted by molar-refractivity contribution is -0.122. The summed E-state index contributed by atoms with van der Waals surface area (Å²) in [6, 6.07) is 0. The summed E-state index contributed by atoms with van der Waals surface area (Å²) < 4.78 is 5.14. The number of rotatable bonds is 7. The number of hydrogen-bond donors (Lipinski definition) is 2. The Morgan fingerprint density at radius 2 is 1.88 bits per heavy atom. The zero-order chi connectivity index (χ0) is 17.8. The van der Waals surface area contributed by atoms with Gasteiger partial charge in [-0.05, 0) is 65.3 Å². The molecule has 0 radical (unpaired) electrons. The number of likely N-dealkylation sites (tertiary alicyclic amines) is 1. The smallest absolute Gasteiger partial charge is 0.220 e. The Morgan fingerprint density at radius 1 is 1.21 bits per heavy atom. The number of ether oxygens (including phenoxy) is 1. The molecule has 0 aromatic rings. The Hall–Kier alpha value is -0.650. The SMILES string of the molecule is COCCN1CCC(CNC(=O)CC2CC(C)(C)NC(C)(C)C2)C1. The van der Waals surface area contributed by atoms with Crippen molar-refractivity contribution in [2.75, 3.05) is 39.9 Å². The minimum absolute atomic E-state index is 0.111. The second kappa shape index (κ2) is 8.15. The highest BCUT2D eigenvalue weighted by Gasteiger charge is 2.38. The molecule has 1 unspecified atom stereocenters. The number of piperidine rings is 1. The maximum atomic E-state index is 12.4. The third-order valence-corrected chi connectivity index (χ3v) is 5.32. The molecule has 1 atom stereocenters. The Bertz CT molecular complexity index is 407. The Kier molecular flexibility index (Phi) is 6.68. The molecule has 2 N–H and O–H groups in total. The van der Waals surface area contributed by atoms with Crippen LogP contribution in [0.15, 0.2) is 0 Å². The highest BCUT2D eigenvalue weighted by molar-refractivity contribution is 5.76. The molecule has 2 saturated heterocycles. The molecule has 1 amide bonds.